The summed E-state index contributed by atoms with van der Waals surface area (Å²) >= 11 is 17.6. The lowest BCUT2D eigenvalue weighted by Gasteiger charge is -2.15. The van der Waals surface area contributed by atoms with E-state index in [4.69, 9.17) is 34.8 Å². The van der Waals surface area contributed by atoms with E-state index in [2.05, 4.69) is 12.2 Å². The van der Waals surface area contributed by atoms with E-state index in [0.29, 0.717) is 34.0 Å². The fourth-order valence-corrected chi connectivity index (χ4v) is 2.52. The molecule has 0 saturated heterocycles. The first-order chi connectivity index (χ1) is 8.60. The van der Waals surface area contributed by atoms with Crippen LogP contribution in [0.3, 0.4) is 0 Å². The summed E-state index contributed by atoms with van der Waals surface area (Å²) in [6.45, 7) is 2.66. The molecule has 1 N–H and O–H groups in total. The van der Waals surface area contributed by atoms with E-state index in [-0.39, 0.29) is 5.91 Å². The quantitative estimate of drug-likeness (QED) is 0.776. The fraction of sp³-hybridized carbons (Fsp3) is 0.462. The Morgan fingerprint density at radius 1 is 1.33 bits per heavy atom. The van der Waals surface area contributed by atoms with Gasteiger partial charge in [0.05, 0.1) is 15.6 Å². The molecule has 1 amide bonds. The van der Waals surface area contributed by atoms with Crippen LogP contribution in [-0.4, -0.2) is 18.3 Å². The maximum absolute atomic E-state index is 12.0. The van der Waals surface area contributed by atoms with E-state index in [1.54, 1.807) is 18.2 Å². The van der Waals surface area contributed by atoms with Gasteiger partial charge in [0, 0.05) is 12.4 Å². The first-order valence-electron chi connectivity index (χ1n) is 5.88. The Kier molecular flexibility index (Phi) is 6.83. The number of benzene rings is 1. The van der Waals surface area contributed by atoms with Crippen LogP contribution in [0.15, 0.2) is 18.2 Å². The molecule has 5 heteroatoms. The van der Waals surface area contributed by atoms with Gasteiger partial charge >= 0.3 is 0 Å². The average Bonchev–Trinajstić information content (AvgIpc) is 2.34. The Bertz CT molecular complexity index is 389. The van der Waals surface area contributed by atoms with E-state index in [9.17, 15) is 4.79 Å². The zero-order valence-electron chi connectivity index (χ0n) is 10.2. The molecule has 100 valence electrons. The third-order valence-electron chi connectivity index (χ3n) is 2.84. The Hall–Kier alpha value is -0.440. The first-order valence-corrected chi connectivity index (χ1v) is 7.17. The van der Waals surface area contributed by atoms with Crippen LogP contribution in [0.25, 0.3) is 0 Å². The smallest absolute Gasteiger partial charge is 0.254 e. The minimum Gasteiger partial charge on any atom is -0.352 e. The van der Waals surface area contributed by atoms with Crippen molar-refractivity contribution in [2.24, 2.45) is 5.92 Å². The third-order valence-corrected chi connectivity index (χ3v) is 3.68. The largest absolute Gasteiger partial charge is 0.352 e. The molecule has 1 atom stereocenters. The standard InChI is InChI=1S/C13H16Cl3NO/c1-2-9(6-7-14)8-17-13(18)12-10(15)4-3-5-11(12)16/h3-5,9H,2,6-8H2,1H3,(H,17,18). The van der Waals surface area contributed by atoms with Crippen LogP contribution in [0.5, 0.6) is 0 Å². The number of alkyl halides is 1. The number of rotatable bonds is 6. The van der Waals surface area contributed by atoms with Gasteiger partial charge in [-0.1, -0.05) is 42.6 Å². The molecule has 1 aromatic carbocycles. The van der Waals surface area contributed by atoms with Gasteiger partial charge < -0.3 is 5.32 Å². The van der Waals surface area contributed by atoms with Crippen molar-refractivity contribution in [3.8, 4) is 0 Å². The fourth-order valence-electron chi connectivity index (χ4n) is 1.64. The maximum Gasteiger partial charge on any atom is 0.254 e. The molecule has 0 heterocycles. The van der Waals surface area contributed by atoms with Crippen LogP contribution >= 0.6 is 34.8 Å². The molecule has 0 spiro atoms. The van der Waals surface area contributed by atoms with Gasteiger partial charge in [0.2, 0.25) is 0 Å². The minimum absolute atomic E-state index is 0.237. The predicted octanol–water partition coefficient (Wildman–Crippen LogP) is 4.38. The summed E-state index contributed by atoms with van der Waals surface area (Å²) in [6.07, 6.45) is 1.86. The Balaban J connectivity index is 2.65. The van der Waals surface area contributed by atoms with E-state index < -0.39 is 0 Å². The number of halogens is 3. The Morgan fingerprint density at radius 2 is 1.94 bits per heavy atom. The average molecular weight is 309 g/mol. The number of carbonyl (C=O) groups excluding carboxylic acids is 1. The molecule has 2 nitrogen and oxygen atoms in total. The van der Waals surface area contributed by atoms with Crippen molar-refractivity contribution in [3.05, 3.63) is 33.8 Å². The van der Waals surface area contributed by atoms with Crippen LogP contribution in [0.4, 0.5) is 0 Å². The first kappa shape index (κ1) is 15.6. The predicted molar refractivity (Wildman–Crippen MR) is 77.9 cm³/mol. The number of nitrogens with one attached hydrogen (secondary N) is 1. The van der Waals surface area contributed by atoms with Crippen molar-refractivity contribution in [2.75, 3.05) is 12.4 Å². The summed E-state index contributed by atoms with van der Waals surface area (Å²) in [7, 11) is 0. The zero-order valence-corrected chi connectivity index (χ0v) is 12.4. The van der Waals surface area contributed by atoms with Crippen molar-refractivity contribution in [1.82, 2.24) is 5.32 Å². The van der Waals surface area contributed by atoms with E-state index in [0.717, 1.165) is 12.8 Å². The van der Waals surface area contributed by atoms with Crippen molar-refractivity contribution in [3.63, 3.8) is 0 Å². The van der Waals surface area contributed by atoms with E-state index >= 15 is 0 Å². The summed E-state index contributed by atoms with van der Waals surface area (Å²) in [5, 5.41) is 3.58. The molecule has 1 rings (SSSR count). The lowest BCUT2D eigenvalue weighted by molar-refractivity contribution is 0.0947. The highest BCUT2D eigenvalue weighted by Crippen LogP contribution is 2.24. The van der Waals surface area contributed by atoms with Crippen molar-refractivity contribution < 1.29 is 4.79 Å². The molecule has 0 aromatic heterocycles. The van der Waals surface area contributed by atoms with Gasteiger partial charge in [-0.3, -0.25) is 4.79 Å². The zero-order chi connectivity index (χ0) is 13.5. The summed E-state index contributed by atoms with van der Waals surface area (Å²) in [4.78, 5) is 12.0. The normalized spacial score (nSPS) is 12.2. The Labute approximate surface area is 123 Å². The second kappa shape index (κ2) is 7.88. The molecule has 18 heavy (non-hydrogen) atoms. The van der Waals surface area contributed by atoms with E-state index in [1.807, 2.05) is 0 Å². The molecule has 0 aliphatic heterocycles. The number of hydrogen-bond acceptors (Lipinski definition) is 1. The minimum atomic E-state index is -0.237. The van der Waals surface area contributed by atoms with Crippen LogP contribution in [0.1, 0.15) is 30.1 Å². The van der Waals surface area contributed by atoms with Gasteiger partial charge in [0.25, 0.3) is 5.91 Å². The second-order valence-electron chi connectivity index (χ2n) is 4.06. The van der Waals surface area contributed by atoms with Crippen LogP contribution < -0.4 is 5.32 Å². The lowest BCUT2D eigenvalue weighted by atomic mass is 10.0. The molecule has 0 bridgehead atoms. The van der Waals surface area contributed by atoms with Gasteiger partial charge in [-0.05, 0) is 24.5 Å². The van der Waals surface area contributed by atoms with Crippen LogP contribution in [0, 0.1) is 5.92 Å². The van der Waals surface area contributed by atoms with Gasteiger partial charge in [-0.25, -0.2) is 0 Å². The topological polar surface area (TPSA) is 29.1 Å². The van der Waals surface area contributed by atoms with Crippen molar-refractivity contribution in [2.45, 2.75) is 19.8 Å². The summed E-state index contributed by atoms with van der Waals surface area (Å²) in [6, 6.07) is 5.01. The summed E-state index contributed by atoms with van der Waals surface area (Å²) in [5.74, 6) is 0.743. The number of hydrogen-bond donors (Lipinski definition) is 1. The Morgan fingerprint density at radius 3 is 2.44 bits per heavy atom. The van der Waals surface area contributed by atoms with Gasteiger partial charge in [-0.15, -0.1) is 11.6 Å². The number of carbonyl (C=O) groups is 1. The molecule has 0 radical (unpaired) electrons. The monoisotopic (exact) mass is 307 g/mol. The highest BCUT2D eigenvalue weighted by Gasteiger charge is 2.15. The van der Waals surface area contributed by atoms with Crippen molar-refractivity contribution in [1.29, 1.82) is 0 Å². The second-order valence-corrected chi connectivity index (χ2v) is 5.25. The molecular formula is C13H16Cl3NO. The molecule has 1 aromatic rings. The van der Waals surface area contributed by atoms with Crippen LogP contribution in [-0.2, 0) is 0 Å². The van der Waals surface area contributed by atoms with Gasteiger partial charge in [0.15, 0.2) is 0 Å². The molecule has 0 saturated carbocycles. The maximum atomic E-state index is 12.0. The SMILES string of the molecule is CCC(CCCl)CNC(=O)c1c(Cl)cccc1Cl. The van der Waals surface area contributed by atoms with Gasteiger partial charge in [-0.2, -0.15) is 0 Å². The molecule has 1 unspecified atom stereocenters. The number of amides is 1. The molecular weight excluding hydrogens is 293 g/mol. The highest BCUT2D eigenvalue weighted by molar-refractivity contribution is 6.39. The summed E-state index contributed by atoms with van der Waals surface area (Å²) in [5.41, 5.74) is 0.335. The molecule has 0 fully saturated rings. The third kappa shape index (κ3) is 4.34. The lowest BCUT2D eigenvalue weighted by Crippen LogP contribution is -2.29. The van der Waals surface area contributed by atoms with Gasteiger partial charge in [0.1, 0.15) is 0 Å². The summed E-state index contributed by atoms with van der Waals surface area (Å²) < 4.78 is 0. The molecule has 0 aliphatic rings. The highest BCUT2D eigenvalue weighted by atomic mass is 35.5. The molecule has 0 aliphatic carbocycles. The van der Waals surface area contributed by atoms with E-state index in [1.165, 1.54) is 0 Å². The van der Waals surface area contributed by atoms with Crippen LogP contribution in [0.2, 0.25) is 10.0 Å². The van der Waals surface area contributed by atoms with Crippen molar-refractivity contribution >= 4 is 40.7 Å².